The van der Waals surface area contributed by atoms with Crippen LogP contribution in [0.25, 0.3) is 0 Å². The SMILES string of the molecule is CCC(C)(CO)CNCc1cnc(C)cn1. The Morgan fingerprint density at radius 3 is 2.62 bits per heavy atom. The van der Waals surface area contributed by atoms with E-state index < -0.39 is 0 Å². The fourth-order valence-corrected chi connectivity index (χ4v) is 1.30. The van der Waals surface area contributed by atoms with Crippen molar-refractivity contribution in [3.63, 3.8) is 0 Å². The highest BCUT2D eigenvalue weighted by atomic mass is 16.3. The van der Waals surface area contributed by atoms with Crippen LogP contribution in [-0.4, -0.2) is 28.2 Å². The Kier molecular flexibility index (Phi) is 4.83. The first-order valence-corrected chi connectivity index (χ1v) is 5.69. The van der Waals surface area contributed by atoms with Gasteiger partial charge in [0.2, 0.25) is 0 Å². The fourth-order valence-electron chi connectivity index (χ4n) is 1.30. The maximum Gasteiger partial charge on any atom is 0.0724 e. The van der Waals surface area contributed by atoms with E-state index in [2.05, 4.69) is 29.1 Å². The summed E-state index contributed by atoms with van der Waals surface area (Å²) in [5.74, 6) is 0. The van der Waals surface area contributed by atoms with Crippen LogP contribution in [0.2, 0.25) is 0 Å². The third-order valence-electron chi connectivity index (χ3n) is 2.93. The third-order valence-corrected chi connectivity index (χ3v) is 2.93. The highest BCUT2D eigenvalue weighted by Crippen LogP contribution is 2.18. The summed E-state index contributed by atoms with van der Waals surface area (Å²) in [6, 6.07) is 0. The van der Waals surface area contributed by atoms with E-state index in [0.717, 1.165) is 24.4 Å². The lowest BCUT2D eigenvalue weighted by molar-refractivity contribution is 0.135. The van der Waals surface area contributed by atoms with Crippen LogP contribution in [0.3, 0.4) is 0 Å². The van der Waals surface area contributed by atoms with Crippen LogP contribution in [0.15, 0.2) is 12.4 Å². The molecule has 0 radical (unpaired) electrons. The van der Waals surface area contributed by atoms with Crippen LogP contribution in [0.1, 0.15) is 31.7 Å². The molecule has 0 spiro atoms. The average Bonchev–Trinajstić information content (AvgIpc) is 2.31. The minimum atomic E-state index is -0.0435. The molecular formula is C12H21N3O. The zero-order chi connectivity index (χ0) is 12.0. The Hall–Kier alpha value is -1.00. The van der Waals surface area contributed by atoms with Gasteiger partial charge in [-0.05, 0) is 13.3 Å². The maximum atomic E-state index is 9.25. The summed E-state index contributed by atoms with van der Waals surface area (Å²) in [6.07, 6.45) is 4.50. The third kappa shape index (κ3) is 3.87. The van der Waals surface area contributed by atoms with Crippen LogP contribution in [-0.2, 0) is 6.54 Å². The van der Waals surface area contributed by atoms with Crippen molar-refractivity contribution in [2.75, 3.05) is 13.2 Å². The topological polar surface area (TPSA) is 58.0 Å². The molecular weight excluding hydrogens is 202 g/mol. The van der Waals surface area contributed by atoms with Gasteiger partial charge < -0.3 is 10.4 Å². The lowest BCUT2D eigenvalue weighted by Crippen LogP contribution is -2.34. The van der Waals surface area contributed by atoms with Gasteiger partial charge in [0.1, 0.15) is 0 Å². The van der Waals surface area contributed by atoms with E-state index in [0.29, 0.717) is 6.54 Å². The number of hydrogen-bond donors (Lipinski definition) is 2. The van der Waals surface area contributed by atoms with E-state index in [1.807, 2.05) is 6.92 Å². The smallest absolute Gasteiger partial charge is 0.0724 e. The summed E-state index contributed by atoms with van der Waals surface area (Å²) < 4.78 is 0. The summed E-state index contributed by atoms with van der Waals surface area (Å²) in [5.41, 5.74) is 1.82. The van der Waals surface area contributed by atoms with Crippen molar-refractivity contribution in [3.05, 3.63) is 23.8 Å². The zero-order valence-electron chi connectivity index (χ0n) is 10.3. The quantitative estimate of drug-likeness (QED) is 0.763. The molecule has 2 N–H and O–H groups in total. The lowest BCUT2D eigenvalue weighted by Gasteiger charge is -2.25. The number of nitrogens with zero attached hydrogens (tertiary/aromatic N) is 2. The molecule has 0 aromatic carbocycles. The van der Waals surface area contributed by atoms with E-state index in [-0.39, 0.29) is 12.0 Å². The minimum absolute atomic E-state index is 0.0435. The molecule has 0 aliphatic rings. The predicted molar refractivity (Wildman–Crippen MR) is 64.0 cm³/mol. The number of nitrogens with one attached hydrogen (secondary N) is 1. The summed E-state index contributed by atoms with van der Waals surface area (Å²) in [5, 5.41) is 12.6. The summed E-state index contributed by atoms with van der Waals surface area (Å²) in [7, 11) is 0. The van der Waals surface area contributed by atoms with E-state index in [9.17, 15) is 5.11 Å². The van der Waals surface area contributed by atoms with Crippen molar-refractivity contribution in [2.24, 2.45) is 5.41 Å². The Morgan fingerprint density at radius 2 is 2.12 bits per heavy atom. The van der Waals surface area contributed by atoms with Crippen molar-refractivity contribution in [3.8, 4) is 0 Å². The molecule has 0 fully saturated rings. The Bertz CT molecular complexity index is 307. The number of aliphatic hydroxyl groups is 1. The van der Waals surface area contributed by atoms with Gasteiger partial charge >= 0.3 is 0 Å². The van der Waals surface area contributed by atoms with Gasteiger partial charge in [0.05, 0.1) is 11.4 Å². The largest absolute Gasteiger partial charge is 0.396 e. The molecule has 0 amide bonds. The Balaban J connectivity index is 2.38. The molecule has 4 heteroatoms. The minimum Gasteiger partial charge on any atom is -0.396 e. The van der Waals surface area contributed by atoms with E-state index >= 15 is 0 Å². The lowest BCUT2D eigenvalue weighted by atomic mass is 9.89. The predicted octanol–water partition coefficient (Wildman–Crippen LogP) is 1.28. The van der Waals surface area contributed by atoms with Crippen molar-refractivity contribution in [1.29, 1.82) is 0 Å². The first-order chi connectivity index (χ1) is 7.59. The van der Waals surface area contributed by atoms with Gasteiger partial charge in [0.25, 0.3) is 0 Å². The highest BCUT2D eigenvalue weighted by Gasteiger charge is 2.20. The molecule has 1 aromatic heterocycles. The summed E-state index contributed by atoms with van der Waals surface area (Å²) >= 11 is 0. The maximum absolute atomic E-state index is 9.25. The molecule has 1 atom stereocenters. The van der Waals surface area contributed by atoms with Gasteiger partial charge in [0.15, 0.2) is 0 Å². The molecule has 0 bridgehead atoms. The van der Waals surface area contributed by atoms with Gasteiger partial charge in [-0.1, -0.05) is 13.8 Å². The molecule has 16 heavy (non-hydrogen) atoms. The number of hydrogen-bond acceptors (Lipinski definition) is 4. The van der Waals surface area contributed by atoms with Crippen LogP contribution in [0.5, 0.6) is 0 Å². The van der Waals surface area contributed by atoms with E-state index in [1.54, 1.807) is 12.4 Å². The van der Waals surface area contributed by atoms with Gasteiger partial charge in [-0.2, -0.15) is 0 Å². The first-order valence-electron chi connectivity index (χ1n) is 5.69. The van der Waals surface area contributed by atoms with Gasteiger partial charge in [-0.15, -0.1) is 0 Å². The second-order valence-corrected chi connectivity index (χ2v) is 4.57. The van der Waals surface area contributed by atoms with Gasteiger partial charge in [0, 0.05) is 37.5 Å². The summed E-state index contributed by atoms with van der Waals surface area (Å²) in [4.78, 5) is 8.44. The molecule has 0 aliphatic heterocycles. The average molecular weight is 223 g/mol. The van der Waals surface area contributed by atoms with Crippen molar-refractivity contribution in [2.45, 2.75) is 33.7 Å². The fraction of sp³-hybridized carbons (Fsp3) is 0.667. The number of rotatable bonds is 6. The second kappa shape index (κ2) is 5.92. The molecule has 4 nitrogen and oxygen atoms in total. The zero-order valence-corrected chi connectivity index (χ0v) is 10.3. The normalized spacial score (nSPS) is 14.8. The number of aryl methyl sites for hydroxylation is 1. The van der Waals surface area contributed by atoms with E-state index in [4.69, 9.17) is 0 Å². The highest BCUT2D eigenvalue weighted by molar-refractivity contribution is 5.00. The van der Waals surface area contributed by atoms with Crippen molar-refractivity contribution < 1.29 is 5.11 Å². The Morgan fingerprint density at radius 1 is 1.38 bits per heavy atom. The molecule has 1 unspecified atom stereocenters. The second-order valence-electron chi connectivity index (χ2n) is 4.57. The summed E-state index contributed by atoms with van der Waals surface area (Å²) in [6.45, 7) is 7.77. The van der Waals surface area contributed by atoms with Crippen LogP contribution >= 0.6 is 0 Å². The molecule has 90 valence electrons. The standard InChI is InChI=1S/C12H21N3O/c1-4-12(3,9-16)8-13-6-11-7-14-10(2)5-15-11/h5,7,13,16H,4,6,8-9H2,1-3H3. The number of aromatic nitrogens is 2. The van der Waals surface area contributed by atoms with Crippen molar-refractivity contribution >= 4 is 0 Å². The monoisotopic (exact) mass is 223 g/mol. The molecule has 1 heterocycles. The van der Waals surface area contributed by atoms with Gasteiger partial charge in [-0.3, -0.25) is 9.97 Å². The first kappa shape index (κ1) is 13.1. The van der Waals surface area contributed by atoms with Crippen LogP contribution in [0, 0.1) is 12.3 Å². The molecule has 1 aromatic rings. The Labute approximate surface area is 97.1 Å². The molecule has 1 rings (SSSR count). The van der Waals surface area contributed by atoms with E-state index in [1.165, 1.54) is 0 Å². The van der Waals surface area contributed by atoms with Crippen molar-refractivity contribution in [1.82, 2.24) is 15.3 Å². The molecule has 0 saturated heterocycles. The van der Waals surface area contributed by atoms with Crippen LogP contribution < -0.4 is 5.32 Å². The molecule has 0 saturated carbocycles. The van der Waals surface area contributed by atoms with Crippen LogP contribution in [0.4, 0.5) is 0 Å². The molecule has 0 aliphatic carbocycles. The van der Waals surface area contributed by atoms with Gasteiger partial charge in [-0.25, -0.2) is 0 Å². The number of aliphatic hydroxyl groups excluding tert-OH is 1.